The molecular formula is C12H12Br2O4. The lowest BCUT2D eigenvalue weighted by Gasteiger charge is -2.15. The van der Waals surface area contributed by atoms with E-state index in [4.69, 9.17) is 5.11 Å². The van der Waals surface area contributed by atoms with Gasteiger partial charge in [0.05, 0.1) is 4.83 Å². The maximum atomic E-state index is 12.0. The minimum absolute atomic E-state index is 0.149. The van der Waals surface area contributed by atoms with Gasteiger partial charge in [0, 0.05) is 10.9 Å². The van der Waals surface area contributed by atoms with Crippen molar-refractivity contribution in [3.8, 4) is 0 Å². The Bertz CT molecular complexity index is 471. The Morgan fingerprint density at radius 3 is 2.44 bits per heavy atom. The monoisotopic (exact) mass is 378 g/mol. The summed E-state index contributed by atoms with van der Waals surface area (Å²) in [5.74, 6) is -1.49. The molecule has 1 aromatic rings. The molecule has 0 aliphatic heterocycles. The fraction of sp³-hybridized carbons (Fsp3) is 0.333. The van der Waals surface area contributed by atoms with E-state index in [1.165, 1.54) is 6.07 Å². The van der Waals surface area contributed by atoms with Crippen LogP contribution in [-0.4, -0.2) is 26.8 Å². The van der Waals surface area contributed by atoms with Crippen LogP contribution in [-0.2, 0) is 10.1 Å². The van der Waals surface area contributed by atoms with Gasteiger partial charge in [0.2, 0.25) is 0 Å². The summed E-state index contributed by atoms with van der Waals surface area (Å²) in [6, 6.07) is 4.69. The van der Waals surface area contributed by atoms with Crippen molar-refractivity contribution in [3.63, 3.8) is 0 Å². The highest BCUT2D eigenvalue weighted by Gasteiger charge is 2.24. The number of rotatable bonds is 5. The van der Waals surface area contributed by atoms with Gasteiger partial charge in [-0.15, -0.1) is 0 Å². The maximum Gasteiger partial charge on any atom is 0.337 e. The zero-order valence-corrected chi connectivity index (χ0v) is 12.7. The Balaban J connectivity index is 3.35. The van der Waals surface area contributed by atoms with Crippen molar-refractivity contribution in [2.45, 2.75) is 23.2 Å². The van der Waals surface area contributed by atoms with Crippen LogP contribution in [0.4, 0.5) is 0 Å². The van der Waals surface area contributed by atoms with Crippen molar-refractivity contribution in [2.75, 3.05) is 0 Å². The van der Waals surface area contributed by atoms with Gasteiger partial charge in [-0.2, -0.15) is 0 Å². The predicted molar refractivity (Wildman–Crippen MR) is 74.4 cm³/mol. The first-order chi connectivity index (χ1) is 8.40. The molecule has 4 nitrogen and oxygen atoms in total. The first kappa shape index (κ1) is 15.3. The summed E-state index contributed by atoms with van der Waals surface area (Å²) in [7, 11) is 0. The largest absolute Gasteiger partial charge is 0.479 e. The molecule has 0 aliphatic carbocycles. The van der Waals surface area contributed by atoms with Gasteiger partial charge in [-0.1, -0.05) is 50.1 Å². The molecule has 0 saturated heterocycles. The molecule has 98 valence electrons. The smallest absolute Gasteiger partial charge is 0.337 e. The molecule has 2 N–H and O–H groups in total. The molecule has 0 amide bonds. The van der Waals surface area contributed by atoms with Crippen LogP contribution >= 0.6 is 31.9 Å². The molecular weight excluding hydrogens is 368 g/mol. The van der Waals surface area contributed by atoms with Crippen LogP contribution in [0.3, 0.4) is 0 Å². The van der Waals surface area contributed by atoms with Crippen molar-refractivity contribution < 1.29 is 19.8 Å². The quantitative estimate of drug-likeness (QED) is 0.609. The van der Waals surface area contributed by atoms with E-state index in [1.54, 1.807) is 19.1 Å². The van der Waals surface area contributed by atoms with Crippen molar-refractivity contribution in [3.05, 3.63) is 34.9 Å². The molecule has 0 fully saturated rings. The predicted octanol–water partition coefficient (Wildman–Crippen LogP) is 2.67. The Morgan fingerprint density at radius 1 is 1.39 bits per heavy atom. The lowest BCUT2D eigenvalue weighted by atomic mass is 9.95. The highest BCUT2D eigenvalue weighted by molar-refractivity contribution is 9.10. The second-order valence-corrected chi connectivity index (χ2v) is 5.66. The molecule has 0 aliphatic rings. The summed E-state index contributed by atoms with van der Waals surface area (Å²) in [6.07, 6.45) is -1.63. The lowest BCUT2D eigenvalue weighted by Crippen LogP contribution is -2.17. The number of Topliss-reactive ketones (excluding diaryl/α,β-unsaturated/α-hetero) is 1. The van der Waals surface area contributed by atoms with E-state index in [-0.39, 0.29) is 16.2 Å². The van der Waals surface area contributed by atoms with Gasteiger partial charge >= 0.3 is 5.97 Å². The van der Waals surface area contributed by atoms with E-state index >= 15 is 0 Å². The molecule has 0 bridgehead atoms. The average molecular weight is 380 g/mol. The standard InChI is InChI=1S/C12H12Br2O4/c1-6(14)10(15)7-3-2-4-8(9(7)5-13)11(16)12(17)18/h2-4,6,11,16H,5H2,1H3,(H,17,18). The first-order valence-electron chi connectivity index (χ1n) is 5.17. The highest BCUT2D eigenvalue weighted by atomic mass is 79.9. The summed E-state index contributed by atoms with van der Waals surface area (Å²) < 4.78 is 0. The van der Waals surface area contributed by atoms with Crippen LogP contribution in [0.5, 0.6) is 0 Å². The van der Waals surface area contributed by atoms with Gasteiger partial charge in [0.15, 0.2) is 11.9 Å². The number of hydrogen-bond acceptors (Lipinski definition) is 3. The van der Waals surface area contributed by atoms with Crippen molar-refractivity contribution >= 4 is 43.6 Å². The van der Waals surface area contributed by atoms with Gasteiger partial charge in [0.1, 0.15) is 0 Å². The number of aliphatic hydroxyl groups excluding tert-OH is 1. The molecule has 2 unspecified atom stereocenters. The summed E-state index contributed by atoms with van der Waals surface area (Å²) in [5, 5.41) is 18.7. The minimum atomic E-state index is -1.63. The van der Waals surface area contributed by atoms with E-state index in [2.05, 4.69) is 31.9 Å². The Kier molecular flexibility index (Phi) is 5.49. The van der Waals surface area contributed by atoms with Gasteiger partial charge in [-0.3, -0.25) is 4.79 Å². The van der Waals surface area contributed by atoms with Gasteiger partial charge in [0.25, 0.3) is 0 Å². The maximum absolute atomic E-state index is 12.0. The van der Waals surface area contributed by atoms with Crippen molar-refractivity contribution in [1.82, 2.24) is 0 Å². The first-order valence-corrected chi connectivity index (χ1v) is 7.20. The van der Waals surface area contributed by atoms with Crippen LogP contribution < -0.4 is 0 Å². The highest BCUT2D eigenvalue weighted by Crippen LogP contribution is 2.26. The number of hydrogen-bond donors (Lipinski definition) is 2. The van der Waals surface area contributed by atoms with Crippen molar-refractivity contribution in [2.24, 2.45) is 0 Å². The van der Waals surface area contributed by atoms with Gasteiger partial charge in [-0.25, -0.2) is 4.79 Å². The number of carbonyl (C=O) groups excluding carboxylic acids is 1. The van der Waals surface area contributed by atoms with Gasteiger partial charge in [-0.05, 0) is 18.1 Å². The third-order valence-electron chi connectivity index (χ3n) is 2.50. The number of carbonyl (C=O) groups is 2. The van der Waals surface area contributed by atoms with Crippen LogP contribution in [0.2, 0.25) is 0 Å². The second kappa shape index (κ2) is 6.45. The van der Waals surface area contributed by atoms with E-state index in [1.807, 2.05) is 0 Å². The van der Waals surface area contributed by atoms with Crippen LogP contribution in [0.1, 0.15) is 34.5 Å². The normalized spacial score (nSPS) is 14.0. The molecule has 0 aromatic heterocycles. The molecule has 0 radical (unpaired) electrons. The van der Waals surface area contributed by atoms with E-state index in [0.29, 0.717) is 16.5 Å². The Hall–Kier alpha value is -0.720. The molecule has 1 rings (SSSR count). The average Bonchev–Trinajstić information content (AvgIpc) is 2.35. The van der Waals surface area contributed by atoms with Crippen LogP contribution in [0.25, 0.3) is 0 Å². The molecule has 6 heteroatoms. The number of halogens is 2. The van der Waals surface area contributed by atoms with Gasteiger partial charge < -0.3 is 10.2 Å². The Morgan fingerprint density at radius 2 is 2.00 bits per heavy atom. The SMILES string of the molecule is CC(Br)C(=O)c1cccc(C(O)C(=O)O)c1CBr. The Labute approximate surface area is 121 Å². The fourth-order valence-electron chi connectivity index (χ4n) is 1.59. The topological polar surface area (TPSA) is 74.6 Å². The van der Waals surface area contributed by atoms with Crippen LogP contribution in [0, 0.1) is 0 Å². The van der Waals surface area contributed by atoms with E-state index < -0.39 is 12.1 Å². The van der Waals surface area contributed by atoms with E-state index in [0.717, 1.165) is 0 Å². The number of carboxylic acids is 1. The minimum Gasteiger partial charge on any atom is -0.479 e. The number of carboxylic acid groups (broad SMARTS) is 1. The third-order valence-corrected chi connectivity index (χ3v) is 3.48. The number of aliphatic carboxylic acids is 1. The zero-order valence-electron chi connectivity index (χ0n) is 9.56. The number of ketones is 1. The second-order valence-electron chi connectivity index (χ2n) is 3.73. The summed E-state index contributed by atoms with van der Waals surface area (Å²) in [6.45, 7) is 1.70. The summed E-state index contributed by atoms with van der Waals surface area (Å²) in [5.41, 5.74) is 1.15. The summed E-state index contributed by atoms with van der Waals surface area (Å²) >= 11 is 6.41. The molecule has 0 saturated carbocycles. The molecule has 1 aromatic carbocycles. The summed E-state index contributed by atoms with van der Waals surface area (Å²) in [4.78, 5) is 22.4. The lowest BCUT2D eigenvalue weighted by molar-refractivity contribution is -0.147. The number of aliphatic hydroxyl groups is 1. The fourth-order valence-corrected chi connectivity index (χ4v) is 2.46. The molecule has 0 heterocycles. The zero-order chi connectivity index (χ0) is 13.9. The third kappa shape index (κ3) is 3.18. The molecule has 0 spiro atoms. The molecule has 2 atom stereocenters. The van der Waals surface area contributed by atoms with Crippen LogP contribution in [0.15, 0.2) is 18.2 Å². The van der Waals surface area contributed by atoms with Crippen molar-refractivity contribution in [1.29, 1.82) is 0 Å². The number of benzene rings is 1. The number of alkyl halides is 2. The van der Waals surface area contributed by atoms with E-state index in [9.17, 15) is 14.7 Å². The molecule has 18 heavy (non-hydrogen) atoms.